The van der Waals surface area contributed by atoms with Crippen molar-refractivity contribution in [2.45, 2.75) is 76.4 Å². The lowest BCUT2D eigenvalue weighted by Crippen LogP contribution is -2.41. The molecule has 3 aliphatic rings. The van der Waals surface area contributed by atoms with Crippen molar-refractivity contribution in [3.8, 4) is 0 Å². The summed E-state index contributed by atoms with van der Waals surface area (Å²) in [6.07, 6.45) is 2.81. The number of carbonyl (C=O) groups is 3. The first-order valence-corrected chi connectivity index (χ1v) is 16.1. The second-order valence-electron chi connectivity index (χ2n) is 12.2. The van der Waals surface area contributed by atoms with Gasteiger partial charge in [-0.15, -0.1) is 0 Å². The highest BCUT2D eigenvalue weighted by Crippen LogP contribution is 2.38. The molecule has 3 heterocycles. The van der Waals surface area contributed by atoms with Gasteiger partial charge in [-0.25, -0.2) is 4.79 Å². The van der Waals surface area contributed by atoms with E-state index < -0.39 is 24.3 Å². The molecule has 0 aliphatic carbocycles. The summed E-state index contributed by atoms with van der Waals surface area (Å²) in [7, 11) is 0. The summed E-state index contributed by atoms with van der Waals surface area (Å²) in [6, 6.07) is 23.7. The van der Waals surface area contributed by atoms with E-state index in [1.165, 1.54) is 24.2 Å². The van der Waals surface area contributed by atoms with Gasteiger partial charge in [0.15, 0.2) is 6.29 Å². The van der Waals surface area contributed by atoms with E-state index in [0.29, 0.717) is 0 Å². The van der Waals surface area contributed by atoms with Crippen LogP contribution in [0.1, 0.15) is 72.3 Å². The highest BCUT2D eigenvalue weighted by Gasteiger charge is 2.40. The molecule has 3 amide bonds. The lowest BCUT2D eigenvalue weighted by atomic mass is 9.99. The van der Waals surface area contributed by atoms with Gasteiger partial charge in [-0.3, -0.25) is 14.5 Å². The quantitative estimate of drug-likeness (QED) is 0.309. The fourth-order valence-corrected chi connectivity index (χ4v) is 6.29. The molecule has 1 unspecified atom stereocenters. The van der Waals surface area contributed by atoms with Crippen LogP contribution in [-0.4, -0.2) is 64.6 Å². The Hall–Kier alpha value is -4.09. The molecule has 10 heteroatoms. The molecule has 2 N–H and O–H groups in total. The average Bonchev–Trinajstić information content (AvgIpc) is 3.35. The number of hydrogen-bond donors (Lipinski definition) is 2. The lowest BCUT2D eigenvalue weighted by Gasteiger charge is -2.39. The Bertz CT molecular complexity index is 1480. The monoisotopic (exact) mass is 627 g/mol. The molecule has 46 heavy (non-hydrogen) atoms. The maximum absolute atomic E-state index is 13.0. The zero-order valence-corrected chi connectivity index (χ0v) is 25.9. The first-order chi connectivity index (χ1) is 22.4. The van der Waals surface area contributed by atoms with E-state index in [1.54, 1.807) is 0 Å². The molecule has 0 radical (unpaired) electrons. The van der Waals surface area contributed by atoms with Gasteiger partial charge in [0, 0.05) is 18.5 Å². The van der Waals surface area contributed by atoms with Crippen LogP contribution in [0.3, 0.4) is 0 Å². The normalized spacial score (nSPS) is 23.8. The van der Waals surface area contributed by atoms with Crippen LogP contribution in [0.25, 0.3) is 0 Å². The second kappa shape index (κ2) is 15.0. The van der Waals surface area contributed by atoms with Crippen LogP contribution >= 0.6 is 0 Å². The van der Waals surface area contributed by atoms with Gasteiger partial charge >= 0.3 is 6.09 Å². The van der Waals surface area contributed by atoms with Crippen molar-refractivity contribution >= 4 is 17.9 Å². The number of likely N-dealkylation sites (tertiary alicyclic amines) is 2. The number of aliphatic hydroxyl groups excluding tert-OH is 1. The van der Waals surface area contributed by atoms with Gasteiger partial charge in [0.05, 0.1) is 31.8 Å². The maximum Gasteiger partial charge on any atom is 0.408 e. The van der Waals surface area contributed by atoms with Crippen molar-refractivity contribution in [1.82, 2.24) is 15.1 Å². The van der Waals surface area contributed by atoms with Crippen molar-refractivity contribution < 1.29 is 33.7 Å². The fourth-order valence-electron chi connectivity index (χ4n) is 6.29. The van der Waals surface area contributed by atoms with Gasteiger partial charge in [-0.2, -0.15) is 0 Å². The maximum atomic E-state index is 13.0. The van der Waals surface area contributed by atoms with E-state index in [-0.39, 0.29) is 44.3 Å². The third-order valence-corrected chi connectivity index (χ3v) is 8.87. The Morgan fingerprint density at radius 2 is 1.54 bits per heavy atom. The summed E-state index contributed by atoms with van der Waals surface area (Å²) in [5.74, 6) is -0.808. The minimum absolute atomic E-state index is 0.00540. The summed E-state index contributed by atoms with van der Waals surface area (Å²) in [5.41, 5.74) is 4.35. The average molecular weight is 628 g/mol. The van der Waals surface area contributed by atoms with Crippen molar-refractivity contribution in [3.63, 3.8) is 0 Å². The zero-order valence-electron chi connectivity index (χ0n) is 25.9. The number of alkyl carbamates (subject to hydrolysis) is 1. The number of aliphatic hydroxyl groups is 1. The third-order valence-electron chi connectivity index (χ3n) is 8.87. The van der Waals surface area contributed by atoms with Gasteiger partial charge in [0.25, 0.3) is 5.91 Å². The SMILES string of the molecule is O=C(NC1CC(=O)N(Cc2ccc([C@@H]3O[C@H](CN4CCCCC4)C[C@H](c4ccc(CO)cc4)O3)cc2)C1=O)OCc1ccccc1. The number of hydrogen-bond acceptors (Lipinski definition) is 8. The van der Waals surface area contributed by atoms with Crippen LogP contribution in [0.4, 0.5) is 4.79 Å². The van der Waals surface area contributed by atoms with Crippen LogP contribution in [0.5, 0.6) is 0 Å². The molecule has 6 rings (SSSR count). The van der Waals surface area contributed by atoms with Crippen molar-refractivity contribution in [3.05, 3.63) is 107 Å². The Morgan fingerprint density at radius 3 is 2.26 bits per heavy atom. The van der Waals surface area contributed by atoms with Crippen molar-refractivity contribution in [2.75, 3.05) is 19.6 Å². The molecule has 3 aliphatic heterocycles. The minimum Gasteiger partial charge on any atom is -0.445 e. The summed E-state index contributed by atoms with van der Waals surface area (Å²) in [5, 5.41) is 12.0. The summed E-state index contributed by atoms with van der Waals surface area (Å²) < 4.78 is 18.2. The standard InChI is InChI=1S/C36H41N3O7/c40-23-26-11-13-28(14-12-26)32-19-30(22-38-17-5-2-6-18-38)45-35(46-32)29-15-9-25(10-16-29)21-39-33(41)20-31(34(39)42)37-36(43)44-24-27-7-3-1-4-8-27/h1,3-4,7-16,30-32,35,40H,2,5-6,17-24H2,(H,37,43)/t30-,31?,32+,35+/m0/s1. The summed E-state index contributed by atoms with van der Waals surface area (Å²) >= 11 is 0. The predicted octanol–water partition coefficient (Wildman–Crippen LogP) is 4.76. The number of ether oxygens (including phenoxy) is 3. The molecule has 4 atom stereocenters. The number of rotatable bonds is 10. The van der Waals surface area contributed by atoms with Crippen molar-refractivity contribution in [2.24, 2.45) is 0 Å². The number of nitrogens with zero attached hydrogens (tertiary/aromatic N) is 2. The number of nitrogens with one attached hydrogen (secondary N) is 1. The van der Waals surface area contributed by atoms with Crippen LogP contribution in [-0.2, 0) is 43.6 Å². The Morgan fingerprint density at radius 1 is 0.848 bits per heavy atom. The highest BCUT2D eigenvalue weighted by atomic mass is 16.7. The van der Waals surface area contributed by atoms with Gasteiger partial charge in [-0.1, -0.05) is 85.3 Å². The van der Waals surface area contributed by atoms with E-state index in [0.717, 1.165) is 53.9 Å². The molecular weight excluding hydrogens is 586 g/mol. The van der Waals surface area contributed by atoms with E-state index in [9.17, 15) is 19.5 Å². The van der Waals surface area contributed by atoms with Gasteiger partial charge in [0.2, 0.25) is 5.91 Å². The zero-order chi connectivity index (χ0) is 31.9. The van der Waals surface area contributed by atoms with E-state index in [2.05, 4.69) is 10.2 Å². The highest BCUT2D eigenvalue weighted by molar-refractivity contribution is 6.06. The van der Waals surface area contributed by atoms with E-state index in [4.69, 9.17) is 14.2 Å². The first-order valence-electron chi connectivity index (χ1n) is 16.1. The van der Waals surface area contributed by atoms with Crippen LogP contribution in [0.15, 0.2) is 78.9 Å². The van der Waals surface area contributed by atoms with E-state index in [1.807, 2.05) is 78.9 Å². The number of piperidine rings is 1. The summed E-state index contributed by atoms with van der Waals surface area (Å²) in [4.78, 5) is 41.7. The molecule has 3 aromatic carbocycles. The van der Waals surface area contributed by atoms with Gasteiger partial charge in [0.1, 0.15) is 12.6 Å². The lowest BCUT2D eigenvalue weighted by molar-refractivity contribution is -0.253. The van der Waals surface area contributed by atoms with Gasteiger partial charge in [-0.05, 0) is 48.2 Å². The number of benzene rings is 3. The molecule has 3 fully saturated rings. The summed E-state index contributed by atoms with van der Waals surface area (Å²) in [6.45, 7) is 3.16. The molecule has 10 nitrogen and oxygen atoms in total. The fraction of sp³-hybridized carbons (Fsp3) is 0.417. The third kappa shape index (κ3) is 8.00. The molecule has 3 aromatic rings. The number of imide groups is 1. The molecule has 0 aromatic heterocycles. The van der Waals surface area contributed by atoms with E-state index >= 15 is 0 Å². The topological polar surface area (TPSA) is 118 Å². The molecule has 0 spiro atoms. The first kappa shape index (κ1) is 31.9. The second-order valence-corrected chi connectivity index (χ2v) is 12.2. The molecule has 3 saturated heterocycles. The molecule has 0 bridgehead atoms. The number of amides is 3. The van der Waals surface area contributed by atoms with Crippen LogP contribution in [0.2, 0.25) is 0 Å². The van der Waals surface area contributed by atoms with Gasteiger partial charge < -0.3 is 29.5 Å². The smallest absolute Gasteiger partial charge is 0.408 e. The molecular formula is C36H41N3O7. The Labute approximate surface area is 269 Å². The Kier molecular flexibility index (Phi) is 10.4. The molecule has 242 valence electrons. The Balaban J connectivity index is 1.08. The van der Waals surface area contributed by atoms with Crippen LogP contribution in [0, 0.1) is 0 Å². The largest absolute Gasteiger partial charge is 0.445 e. The minimum atomic E-state index is -0.959. The molecule has 0 saturated carbocycles. The van der Waals surface area contributed by atoms with Crippen molar-refractivity contribution in [1.29, 1.82) is 0 Å². The van der Waals surface area contributed by atoms with Crippen LogP contribution < -0.4 is 5.32 Å². The number of carbonyl (C=O) groups excluding carboxylic acids is 3. The predicted molar refractivity (Wildman–Crippen MR) is 169 cm³/mol.